The van der Waals surface area contributed by atoms with Crippen molar-refractivity contribution in [1.29, 1.82) is 0 Å². The Labute approximate surface area is 72.0 Å². The van der Waals surface area contributed by atoms with Crippen LogP contribution in [0.2, 0.25) is 0 Å². The Morgan fingerprint density at radius 3 is 2.67 bits per heavy atom. The zero-order chi connectivity index (χ0) is 8.72. The fourth-order valence-corrected chi connectivity index (χ4v) is 1.69. The van der Waals surface area contributed by atoms with Gasteiger partial charge in [-0.2, -0.15) is 0 Å². The molecule has 0 bridgehead atoms. The molecule has 1 N–H and O–H groups in total. The number of hydrogen-bond donors (Lipinski definition) is 1. The molecule has 1 heterocycles. The van der Waals surface area contributed by atoms with Crippen LogP contribution in [0.25, 0.3) is 0 Å². The minimum Gasteiger partial charge on any atom is -0.392 e. The molecule has 0 saturated heterocycles. The highest BCUT2D eigenvalue weighted by Crippen LogP contribution is 2.36. The Morgan fingerprint density at radius 2 is 2.33 bits per heavy atom. The second-order valence-electron chi connectivity index (χ2n) is 3.54. The van der Waals surface area contributed by atoms with Crippen LogP contribution < -0.4 is 0 Å². The second kappa shape index (κ2) is 2.59. The normalized spacial score (nSPS) is 28.6. The van der Waals surface area contributed by atoms with Crippen LogP contribution in [0, 0.1) is 6.92 Å². The van der Waals surface area contributed by atoms with Gasteiger partial charge in [0.25, 0.3) is 0 Å². The van der Waals surface area contributed by atoms with Crippen molar-refractivity contribution in [3.63, 3.8) is 0 Å². The van der Waals surface area contributed by atoms with Crippen molar-refractivity contribution in [3.05, 3.63) is 17.7 Å². The summed E-state index contributed by atoms with van der Waals surface area (Å²) in [6.45, 7) is 1.98. The Kier molecular flexibility index (Phi) is 1.68. The second-order valence-corrected chi connectivity index (χ2v) is 3.54. The molecule has 1 aliphatic rings. The molecule has 1 aromatic rings. The predicted octanol–water partition coefficient (Wildman–Crippen LogP) is 0.967. The van der Waals surface area contributed by atoms with E-state index in [0.717, 1.165) is 18.7 Å². The summed E-state index contributed by atoms with van der Waals surface area (Å²) in [5, 5.41) is 9.45. The summed E-state index contributed by atoms with van der Waals surface area (Å²) < 4.78 is 2.06. The molecular formula is C9H14N2O. The summed E-state index contributed by atoms with van der Waals surface area (Å²) in [5.41, 5.74) is 1.17. The van der Waals surface area contributed by atoms with Gasteiger partial charge in [-0.25, -0.2) is 4.98 Å². The maximum atomic E-state index is 9.45. The molecule has 0 aliphatic heterocycles. The number of aliphatic hydroxyl groups is 1. The molecule has 1 fully saturated rings. The van der Waals surface area contributed by atoms with E-state index in [1.807, 2.05) is 20.2 Å². The molecule has 1 aromatic heterocycles. The van der Waals surface area contributed by atoms with Crippen LogP contribution in [-0.2, 0) is 7.05 Å². The van der Waals surface area contributed by atoms with E-state index in [4.69, 9.17) is 0 Å². The Morgan fingerprint density at radius 1 is 1.58 bits per heavy atom. The first kappa shape index (κ1) is 7.80. The van der Waals surface area contributed by atoms with Crippen molar-refractivity contribution in [2.24, 2.45) is 7.05 Å². The molecular weight excluding hydrogens is 152 g/mol. The fourth-order valence-electron chi connectivity index (χ4n) is 1.69. The van der Waals surface area contributed by atoms with Crippen molar-refractivity contribution in [1.82, 2.24) is 9.55 Å². The first-order valence-corrected chi connectivity index (χ1v) is 4.36. The lowest BCUT2D eigenvalue weighted by atomic mass is 9.80. The van der Waals surface area contributed by atoms with Gasteiger partial charge in [-0.15, -0.1) is 0 Å². The molecule has 1 aliphatic carbocycles. The van der Waals surface area contributed by atoms with Gasteiger partial charge in [0.05, 0.1) is 6.10 Å². The third kappa shape index (κ3) is 0.966. The SMILES string of the molecule is Cc1ncc(C2CCC2O)n1C. The minimum absolute atomic E-state index is 0.139. The average molecular weight is 166 g/mol. The summed E-state index contributed by atoms with van der Waals surface area (Å²) in [4.78, 5) is 4.21. The third-order valence-electron chi connectivity index (χ3n) is 2.87. The number of rotatable bonds is 1. The zero-order valence-electron chi connectivity index (χ0n) is 7.49. The van der Waals surface area contributed by atoms with Crippen LogP contribution in [0.4, 0.5) is 0 Å². The molecule has 0 aromatic carbocycles. The van der Waals surface area contributed by atoms with E-state index >= 15 is 0 Å². The van der Waals surface area contributed by atoms with Gasteiger partial charge in [0.1, 0.15) is 5.82 Å². The van der Waals surface area contributed by atoms with Crippen LogP contribution in [0.3, 0.4) is 0 Å². The molecule has 2 atom stereocenters. The van der Waals surface area contributed by atoms with Crippen LogP contribution in [0.1, 0.15) is 30.3 Å². The van der Waals surface area contributed by atoms with Crippen LogP contribution in [-0.4, -0.2) is 20.8 Å². The zero-order valence-corrected chi connectivity index (χ0v) is 7.49. The van der Waals surface area contributed by atoms with Gasteiger partial charge in [-0.05, 0) is 19.8 Å². The van der Waals surface area contributed by atoms with Gasteiger partial charge in [0.15, 0.2) is 0 Å². The summed E-state index contributed by atoms with van der Waals surface area (Å²) in [5.74, 6) is 1.35. The van der Waals surface area contributed by atoms with E-state index in [9.17, 15) is 5.11 Å². The molecule has 1 saturated carbocycles. The number of imidazole rings is 1. The van der Waals surface area contributed by atoms with E-state index in [0.29, 0.717) is 5.92 Å². The predicted molar refractivity (Wildman–Crippen MR) is 45.9 cm³/mol. The van der Waals surface area contributed by atoms with E-state index in [-0.39, 0.29) is 6.10 Å². The molecule has 12 heavy (non-hydrogen) atoms. The number of aryl methyl sites for hydroxylation is 1. The van der Waals surface area contributed by atoms with E-state index in [1.54, 1.807) is 0 Å². The van der Waals surface area contributed by atoms with E-state index < -0.39 is 0 Å². The standard InChI is InChI=1S/C9H14N2O/c1-6-10-5-8(11(6)2)7-3-4-9(7)12/h5,7,9,12H,3-4H2,1-2H3. The summed E-state index contributed by atoms with van der Waals surface area (Å²) in [6.07, 6.45) is 3.78. The van der Waals surface area contributed by atoms with Crippen molar-refractivity contribution < 1.29 is 5.11 Å². The summed E-state index contributed by atoms with van der Waals surface area (Å²) in [7, 11) is 2.00. The largest absolute Gasteiger partial charge is 0.392 e. The maximum absolute atomic E-state index is 9.45. The quantitative estimate of drug-likeness (QED) is 0.675. The fraction of sp³-hybridized carbons (Fsp3) is 0.667. The van der Waals surface area contributed by atoms with Gasteiger partial charge >= 0.3 is 0 Å². The average Bonchev–Trinajstić information content (AvgIpc) is 2.34. The van der Waals surface area contributed by atoms with Crippen molar-refractivity contribution in [2.45, 2.75) is 31.8 Å². The van der Waals surface area contributed by atoms with E-state index in [1.165, 1.54) is 5.69 Å². The molecule has 0 spiro atoms. The smallest absolute Gasteiger partial charge is 0.105 e. The topological polar surface area (TPSA) is 38.1 Å². The maximum Gasteiger partial charge on any atom is 0.105 e. The Balaban J connectivity index is 2.28. The van der Waals surface area contributed by atoms with Gasteiger partial charge < -0.3 is 9.67 Å². The number of nitrogens with zero attached hydrogens (tertiary/aromatic N) is 2. The van der Waals surface area contributed by atoms with Gasteiger partial charge in [0.2, 0.25) is 0 Å². The monoisotopic (exact) mass is 166 g/mol. The number of aliphatic hydroxyl groups excluding tert-OH is 1. The molecule has 0 radical (unpaired) electrons. The molecule has 0 amide bonds. The lowest BCUT2D eigenvalue weighted by molar-refractivity contribution is 0.0629. The highest BCUT2D eigenvalue weighted by Gasteiger charge is 2.32. The lowest BCUT2D eigenvalue weighted by Gasteiger charge is -2.32. The highest BCUT2D eigenvalue weighted by atomic mass is 16.3. The third-order valence-corrected chi connectivity index (χ3v) is 2.87. The Bertz CT molecular complexity index is 293. The molecule has 66 valence electrons. The van der Waals surface area contributed by atoms with Gasteiger partial charge in [-0.3, -0.25) is 0 Å². The Hall–Kier alpha value is -0.830. The molecule has 2 rings (SSSR count). The lowest BCUT2D eigenvalue weighted by Crippen LogP contribution is -2.30. The molecule has 3 nitrogen and oxygen atoms in total. The van der Waals surface area contributed by atoms with Crippen LogP contribution >= 0.6 is 0 Å². The highest BCUT2D eigenvalue weighted by molar-refractivity contribution is 5.15. The molecule has 3 heteroatoms. The van der Waals surface area contributed by atoms with Crippen LogP contribution in [0.15, 0.2) is 6.20 Å². The van der Waals surface area contributed by atoms with Crippen LogP contribution in [0.5, 0.6) is 0 Å². The van der Waals surface area contributed by atoms with Crippen molar-refractivity contribution in [3.8, 4) is 0 Å². The van der Waals surface area contributed by atoms with Crippen molar-refractivity contribution >= 4 is 0 Å². The minimum atomic E-state index is -0.139. The summed E-state index contributed by atoms with van der Waals surface area (Å²) >= 11 is 0. The number of hydrogen-bond acceptors (Lipinski definition) is 2. The molecule has 2 unspecified atom stereocenters. The summed E-state index contributed by atoms with van der Waals surface area (Å²) in [6, 6.07) is 0. The van der Waals surface area contributed by atoms with E-state index in [2.05, 4.69) is 9.55 Å². The van der Waals surface area contributed by atoms with Gasteiger partial charge in [0, 0.05) is 24.9 Å². The van der Waals surface area contributed by atoms with Crippen molar-refractivity contribution in [2.75, 3.05) is 0 Å². The number of aromatic nitrogens is 2. The van der Waals surface area contributed by atoms with Gasteiger partial charge in [-0.1, -0.05) is 0 Å². The first-order valence-electron chi connectivity index (χ1n) is 4.36. The first-order chi connectivity index (χ1) is 5.70.